The molecule has 0 unspecified atom stereocenters. The Kier molecular flexibility index (Phi) is 8.61. The molecule has 162 valence electrons. The zero-order valence-electron chi connectivity index (χ0n) is 17.9. The molecule has 0 spiro atoms. The van der Waals surface area contributed by atoms with Crippen molar-refractivity contribution >= 4 is 11.6 Å². The molecule has 0 bridgehead atoms. The average molecular weight is 415 g/mol. The summed E-state index contributed by atoms with van der Waals surface area (Å²) in [5, 5.41) is 14.3. The zero-order valence-corrected chi connectivity index (χ0v) is 17.9. The zero-order chi connectivity index (χ0) is 22.1. The van der Waals surface area contributed by atoms with E-state index < -0.39 is 10.8 Å². The predicted octanol–water partition coefficient (Wildman–Crippen LogP) is 3.77. The minimum Gasteiger partial charge on any atom is -0.493 e. The van der Waals surface area contributed by atoms with Crippen molar-refractivity contribution in [2.75, 3.05) is 26.8 Å². The van der Waals surface area contributed by atoms with Crippen LogP contribution in [-0.4, -0.2) is 42.5 Å². The molecule has 0 aliphatic carbocycles. The maximum atomic E-state index is 12.8. The van der Waals surface area contributed by atoms with Gasteiger partial charge < -0.3 is 14.8 Å². The molecule has 0 radical (unpaired) electrons. The Morgan fingerprint density at radius 2 is 1.77 bits per heavy atom. The van der Waals surface area contributed by atoms with Crippen molar-refractivity contribution in [1.82, 2.24) is 10.2 Å². The standard InChI is InChI=1S/C22H29N3O5/c1-5-24(6-2)15-17-11-9-8-10-16(17)14-23-22(26)18-12-20(29-4)21(30-7-3)13-19(18)25(27)28/h8-13H,5-7,14-15H2,1-4H3,(H,23,26). The van der Waals surface area contributed by atoms with Crippen LogP contribution in [0.3, 0.4) is 0 Å². The first kappa shape index (κ1) is 23.2. The van der Waals surface area contributed by atoms with Crippen LogP contribution in [0.2, 0.25) is 0 Å². The topological polar surface area (TPSA) is 93.9 Å². The Labute approximate surface area is 176 Å². The smallest absolute Gasteiger partial charge is 0.286 e. The van der Waals surface area contributed by atoms with Gasteiger partial charge in [-0.1, -0.05) is 38.1 Å². The minimum absolute atomic E-state index is 0.0680. The van der Waals surface area contributed by atoms with Gasteiger partial charge in [0.05, 0.1) is 24.7 Å². The van der Waals surface area contributed by atoms with Crippen molar-refractivity contribution in [1.29, 1.82) is 0 Å². The summed E-state index contributed by atoms with van der Waals surface area (Å²) >= 11 is 0. The van der Waals surface area contributed by atoms with Crippen molar-refractivity contribution in [2.24, 2.45) is 0 Å². The molecule has 8 heteroatoms. The fraction of sp³-hybridized carbons (Fsp3) is 0.409. The maximum Gasteiger partial charge on any atom is 0.286 e. The van der Waals surface area contributed by atoms with E-state index in [1.807, 2.05) is 24.3 Å². The van der Waals surface area contributed by atoms with Crippen LogP contribution in [-0.2, 0) is 13.1 Å². The summed E-state index contributed by atoms with van der Waals surface area (Å²) < 4.78 is 10.6. The van der Waals surface area contributed by atoms with E-state index >= 15 is 0 Å². The SMILES string of the molecule is CCOc1cc([N+](=O)[O-])c(C(=O)NCc2ccccc2CN(CC)CC)cc1OC. The molecular weight excluding hydrogens is 386 g/mol. The fourth-order valence-electron chi connectivity index (χ4n) is 3.15. The number of benzene rings is 2. The van der Waals surface area contributed by atoms with Crippen LogP contribution in [0.15, 0.2) is 36.4 Å². The van der Waals surface area contributed by atoms with Gasteiger partial charge in [-0.3, -0.25) is 19.8 Å². The summed E-state index contributed by atoms with van der Waals surface area (Å²) in [6.07, 6.45) is 0. The number of rotatable bonds is 11. The molecular formula is C22H29N3O5. The van der Waals surface area contributed by atoms with Crippen molar-refractivity contribution in [3.63, 3.8) is 0 Å². The Hall–Kier alpha value is -3.13. The van der Waals surface area contributed by atoms with Crippen molar-refractivity contribution in [3.05, 3.63) is 63.2 Å². The molecule has 0 fully saturated rings. The van der Waals surface area contributed by atoms with Gasteiger partial charge in [-0.2, -0.15) is 0 Å². The van der Waals surface area contributed by atoms with Crippen LogP contribution >= 0.6 is 0 Å². The molecule has 2 rings (SSSR count). The van der Waals surface area contributed by atoms with E-state index in [1.165, 1.54) is 19.2 Å². The number of hydrogen-bond donors (Lipinski definition) is 1. The predicted molar refractivity (Wildman–Crippen MR) is 115 cm³/mol. The summed E-state index contributed by atoms with van der Waals surface area (Å²) in [5.41, 5.74) is 1.69. The van der Waals surface area contributed by atoms with E-state index in [-0.39, 0.29) is 29.3 Å². The second-order valence-electron chi connectivity index (χ2n) is 6.62. The molecule has 8 nitrogen and oxygen atoms in total. The summed E-state index contributed by atoms with van der Waals surface area (Å²) in [7, 11) is 1.43. The van der Waals surface area contributed by atoms with Crippen LogP contribution in [0.1, 0.15) is 42.3 Å². The number of hydrogen-bond acceptors (Lipinski definition) is 6. The summed E-state index contributed by atoms with van der Waals surface area (Å²) in [6.45, 7) is 9.19. The monoisotopic (exact) mass is 415 g/mol. The first-order valence-corrected chi connectivity index (χ1v) is 10.0. The highest BCUT2D eigenvalue weighted by Gasteiger charge is 2.24. The van der Waals surface area contributed by atoms with Gasteiger partial charge in [0, 0.05) is 19.2 Å². The second-order valence-corrected chi connectivity index (χ2v) is 6.62. The Morgan fingerprint density at radius 1 is 1.10 bits per heavy atom. The molecule has 2 aromatic rings. The van der Waals surface area contributed by atoms with Gasteiger partial charge in [0.1, 0.15) is 5.56 Å². The van der Waals surface area contributed by atoms with Gasteiger partial charge in [0.15, 0.2) is 11.5 Å². The number of ether oxygens (including phenoxy) is 2. The number of carbonyl (C=O) groups is 1. The number of methoxy groups -OCH3 is 1. The quantitative estimate of drug-likeness (QED) is 0.443. The van der Waals surface area contributed by atoms with Gasteiger partial charge >= 0.3 is 0 Å². The normalized spacial score (nSPS) is 10.7. The van der Waals surface area contributed by atoms with Crippen molar-refractivity contribution in [2.45, 2.75) is 33.9 Å². The largest absolute Gasteiger partial charge is 0.493 e. The first-order chi connectivity index (χ1) is 14.4. The maximum absolute atomic E-state index is 12.8. The van der Waals surface area contributed by atoms with Crippen LogP contribution in [0, 0.1) is 10.1 Å². The molecule has 1 N–H and O–H groups in total. The Morgan fingerprint density at radius 3 is 2.33 bits per heavy atom. The lowest BCUT2D eigenvalue weighted by atomic mass is 10.1. The third-order valence-electron chi connectivity index (χ3n) is 4.87. The van der Waals surface area contributed by atoms with E-state index in [4.69, 9.17) is 9.47 Å². The molecule has 0 saturated carbocycles. The lowest BCUT2D eigenvalue weighted by Crippen LogP contribution is -2.26. The highest BCUT2D eigenvalue weighted by Crippen LogP contribution is 2.34. The first-order valence-electron chi connectivity index (χ1n) is 10.0. The summed E-state index contributed by atoms with van der Waals surface area (Å²) in [5.74, 6) is -0.0388. The van der Waals surface area contributed by atoms with Gasteiger partial charge in [0.25, 0.3) is 11.6 Å². The van der Waals surface area contributed by atoms with Gasteiger partial charge in [-0.15, -0.1) is 0 Å². The van der Waals surface area contributed by atoms with Crippen LogP contribution < -0.4 is 14.8 Å². The molecule has 2 aromatic carbocycles. The van der Waals surface area contributed by atoms with Gasteiger partial charge in [0.2, 0.25) is 0 Å². The number of carbonyl (C=O) groups excluding carboxylic acids is 1. The number of nitro benzene ring substituents is 1. The van der Waals surface area contributed by atoms with E-state index in [9.17, 15) is 14.9 Å². The lowest BCUT2D eigenvalue weighted by molar-refractivity contribution is -0.385. The van der Waals surface area contributed by atoms with Crippen molar-refractivity contribution < 1.29 is 19.2 Å². The van der Waals surface area contributed by atoms with Crippen LogP contribution in [0.5, 0.6) is 11.5 Å². The third-order valence-corrected chi connectivity index (χ3v) is 4.87. The van der Waals surface area contributed by atoms with E-state index in [0.29, 0.717) is 6.61 Å². The third kappa shape index (κ3) is 5.70. The molecule has 0 aliphatic rings. The number of nitrogens with zero attached hydrogens (tertiary/aromatic N) is 2. The van der Waals surface area contributed by atoms with Crippen LogP contribution in [0.25, 0.3) is 0 Å². The molecule has 0 atom stereocenters. The molecule has 0 aliphatic heterocycles. The Bertz CT molecular complexity index is 881. The minimum atomic E-state index is -0.592. The van der Waals surface area contributed by atoms with E-state index in [2.05, 4.69) is 24.1 Å². The van der Waals surface area contributed by atoms with Gasteiger partial charge in [-0.25, -0.2) is 0 Å². The number of amides is 1. The summed E-state index contributed by atoms with van der Waals surface area (Å²) in [4.78, 5) is 26.0. The molecule has 30 heavy (non-hydrogen) atoms. The molecule has 0 saturated heterocycles. The average Bonchev–Trinajstić information content (AvgIpc) is 2.76. The fourth-order valence-corrected chi connectivity index (χ4v) is 3.15. The molecule has 0 aromatic heterocycles. The molecule has 0 heterocycles. The van der Waals surface area contributed by atoms with E-state index in [1.54, 1.807) is 6.92 Å². The Balaban J connectivity index is 2.26. The lowest BCUT2D eigenvalue weighted by Gasteiger charge is -2.20. The summed E-state index contributed by atoms with van der Waals surface area (Å²) in [6, 6.07) is 10.4. The van der Waals surface area contributed by atoms with Crippen molar-refractivity contribution in [3.8, 4) is 11.5 Å². The van der Waals surface area contributed by atoms with Gasteiger partial charge in [-0.05, 0) is 31.1 Å². The second kappa shape index (κ2) is 11.2. The molecule has 1 amide bonds. The van der Waals surface area contributed by atoms with E-state index in [0.717, 1.165) is 30.8 Å². The highest BCUT2D eigenvalue weighted by molar-refractivity contribution is 5.99. The number of nitro groups is 1. The highest BCUT2D eigenvalue weighted by atomic mass is 16.6. The van der Waals surface area contributed by atoms with Crippen LogP contribution in [0.4, 0.5) is 5.69 Å². The number of nitrogens with one attached hydrogen (secondary N) is 1.